The van der Waals surface area contributed by atoms with Gasteiger partial charge >= 0.3 is 0 Å². The van der Waals surface area contributed by atoms with Gasteiger partial charge in [-0.05, 0) is 54.7 Å². The zero-order valence-electron chi connectivity index (χ0n) is 15.9. The minimum absolute atomic E-state index is 0.0158. The molecule has 3 rings (SSSR count). The van der Waals surface area contributed by atoms with E-state index in [0.717, 1.165) is 36.4 Å². The van der Waals surface area contributed by atoms with Crippen molar-refractivity contribution in [2.24, 2.45) is 5.92 Å². The quantitative estimate of drug-likeness (QED) is 0.687. The Kier molecular flexibility index (Phi) is 7.45. The van der Waals surface area contributed by atoms with Crippen LogP contribution in [0, 0.1) is 5.92 Å². The molecule has 2 amide bonds. The van der Waals surface area contributed by atoms with Crippen LogP contribution in [-0.4, -0.2) is 41.6 Å². The average Bonchev–Trinajstić information content (AvgIpc) is 3.20. The first-order valence-corrected chi connectivity index (χ1v) is 10.8. The molecule has 0 aliphatic carbocycles. The molecule has 1 saturated heterocycles. The highest BCUT2D eigenvalue weighted by Crippen LogP contribution is 2.21. The maximum atomic E-state index is 13.0. The van der Waals surface area contributed by atoms with Crippen LogP contribution in [0.2, 0.25) is 5.02 Å². The molecular weight excluding hydrogens is 396 g/mol. The van der Waals surface area contributed by atoms with Crippen molar-refractivity contribution in [3.05, 3.63) is 53.4 Å². The van der Waals surface area contributed by atoms with Crippen LogP contribution in [0.15, 0.2) is 52.2 Å². The lowest BCUT2D eigenvalue weighted by Crippen LogP contribution is -2.51. The van der Waals surface area contributed by atoms with Crippen LogP contribution >= 0.6 is 23.4 Å². The largest absolute Gasteiger partial charge is 0.472 e. The molecule has 5 nitrogen and oxygen atoms in total. The molecule has 0 bridgehead atoms. The zero-order valence-corrected chi connectivity index (χ0v) is 17.5. The number of nitrogens with zero attached hydrogens (tertiary/aromatic N) is 1. The molecule has 1 aromatic carbocycles. The fraction of sp³-hybridized carbons (Fsp3) is 0.429. The van der Waals surface area contributed by atoms with Gasteiger partial charge in [0.25, 0.3) is 0 Å². The maximum absolute atomic E-state index is 13.0. The number of carbonyl (C=O) groups excluding carboxylic acids is 2. The molecule has 7 heteroatoms. The van der Waals surface area contributed by atoms with Gasteiger partial charge in [-0.1, -0.05) is 18.5 Å². The lowest BCUT2D eigenvalue weighted by molar-refractivity contribution is -0.137. The van der Waals surface area contributed by atoms with E-state index < -0.39 is 6.04 Å². The van der Waals surface area contributed by atoms with E-state index in [9.17, 15) is 9.59 Å². The van der Waals surface area contributed by atoms with Crippen molar-refractivity contribution in [3.8, 4) is 0 Å². The number of carbonyl (C=O) groups is 2. The first kappa shape index (κ1) is 20.8. The van der Waals surface area contributed by atoms with Gasteiger partial charge < -0.3 is 14.6 Å². The van der Waals surface area contributed by atoms with Crippen LogP contribution < -0.4 is 5.32 Å². The molecule has 28 heavy (non-hydrogen) atoms. The zero-order chi connectivity index (χ0) is 19.9. The van der Waals surface area contributed by atoms with E-state index in [1.54, 1.807) is 24.7 Å². The molecule has 150 valence electrons. The number of likely N-dealkylation sites (tertiary alicyclic amines) is 1. The van der Waals surface area contributed by atoms with Crippen LogP contribution in [0.3, 0.4) is 0 Å². The summed E-state index contributed by atoms with van der Waals surface area (Å²) in [5, 5.41) is 3.59. The Bertz CT molecular complexity index is 771. The molecule has 0 radical (unpaired) electrons. The molecular formula is C21H25ClN2O3S. The van der Waals surface area contributed by atoms with Gasteiger partial charge in [0.05, 0.1) is 18.3 Å². The van der Waals surface area contributed by atoms with E-state index in [1.165, 1.54) is 11.8 Å². The van der Waals surface area contributed by atoms with Gasteiger partial charge in [0, 0.05) is 29.4 Å². The van der Waals surface area contributed by atoms with Crippen molar-refractivity contribution >= 4 is 35.2 Å². The third kappa shape index (κ3) is 6.04. The van der Waals surface area contributed by atoms with Crippen LogP contribution in [0.25, 0.3) is 0 Å². The van der Waals surface area contributed by atoms with Gasteiger partial charge in [-0.2, -0.15) is 0 Å². The van der Waals surface area contributed by atoms with Gasteiger partial charge in [0.15, 0.2) is 0 Å². The van der Waals surface area contributed by atoms with Crippen molar-refractivity contribution < 1.29 is 14.0 Å². The van der Waals surface area contributed by atoms with E-state index in [0.29, 0.717) is 17.4 Å². The fourth-order valence-electron chi connectivity index (χ4n) is 3.21. The number of rotatable bonds is 7. The summed E-state index contributed by atoms with van der Waals surface area (Å²) in [5.41, 5.74) is 0.898. The average molecular weight is 421 g/mol. The number of hydrogen-bond acceptors (Lipinski definition) is 4. The summed E-state index contributed by atoms with van der Waals surface area (Å²) < 4.78 is 5.12. The van der Waals surface area contributed by atoms with Crippen molar-refractivity contribution in [1.82, 2.24) is 10.2 Å². The lowest BCUT2D eigenvalue weighted by Gasteiger charge is -2.33. The first-order chi connectivity index (χ1) is 13.5. The number of furan rings is 1. The Morgan fingerprint density at radius 3 is 2.61 bits per heavy atom. The van der Waals surface area contributed by atoms with Gasteiger partial charge in [0.1, 0.15) is 6.04 Å². The second-order valence-electron chi connectivity index (χ2n) is 7.21. The van der Waals surface area contributed by atoms with E-state index in [1.807, 2.05) is 23.1 Å². The first-order valence-electron chi connectivity index (χ1n) is 9.49. The molecule has 1 aliphatic rings. The molecule has 1 N–H and O–H groups in total. The number of piperidine rings is 1. The molecule has 1 fully saturated rings. The predicted molar refractivity (Wildman–Crippen MR) is 111 cm³/mol. The summed E-state index contributed by atoms with van der Waals surface area (Å²) in [4.78, 5) is 28.4. The van der Waals surface area contributed by atoms with Gasteiger partial charge in [-0.15, -0.1) is 11.8 Å². The van der Waals surface area contributed by atoms with E-state index in [4.69, 9.17) is 16.0 Å². The SMILES string of the molecule is CC1CCN(C(=O)C(Cc2ccoc2)NC(=O)CSc2ccc(Cl)cc2)CC1. The van der Waals surface area contributed by atoms with Gasteiger partial charge in [-0.3, -0.25) is 9.59 Å². The maximum Gasteiger partial charge on any atom is 0.245 e. The molecule has 0 saturated carbocycles. The topological polar surface area (TPSA) is 62.6 Å². The summed E-state index contributed by atoms with van der Waals surface area (Å²) in [5.74, 6) is 0.709. The summed E-state index contributed by atoms with van der Waals surface area (Å²) in [6, 6.07) is 8.60. The number of halogens is 1. The van der Waals surface area contributed by atoms with Crippen molar-refractivity contribution in [2.75, 3.05) is 18.8 Å². The van der Waals surface area contributed by atoms with Gasteiger partial charge in [-0.25, -0.2) is 0 Å². The Morgan fingerprint density at radius 2 is 1.96 bits per heavy atom. The highest BCUT2D eigenvalue weighted by molar-refractivity contribution is 8.00. The predicted octanol–water partition coefficient (Wildman–Crippen LogP) is 4.01. The third-order valence-electron chi connectivity index (χ3n) is 4.93. The number of benzene rings is 1. The smallest absolute Gasteiger partial charge is 0.245 e. The molecule has 1 unspecified atom stereocenters. The molecule has 1 aromatic heterocycles. The second kappa shape index (κ2) is 10.0. The minimum Gasteiger partial charge on any atom is -0.472 e. The standard InChI is InChI=1S/C21H25ClN2O3S/c1-15-6-9-24(10-7-15)21(26)19(12-16-8-11-27-13-16)23-20(25)14-28-18-4-2-17(22)3-5-18/h2-5,8,11,13,15,19H,6-7,9-10,12,14H2,1H3,(H,23,25). The number of nitrogens with one attached hydrogen (secondary N) is 1. The van der Waals surface area contributed by atoms with Crippen LogP contribution in [0.4, 0.5) is 0 Å². The van der Waals surface area contributed by atoms with E-state index in [2.05, 4.69) is 12.2 Å². The van der Waals surface area contributed by atoms with Crippen molar-refractivity contribution in [3.63, 3.8) is 0 Å². The Hall–Kier alpha value is -1.92. The highest BCUT2D eigenvalue weighted by Gasteiger charge is 2.28. The lowest BCUT2D eigenvalue weighted by atomic mass is 9.98. The Labute approximate surface area is 174 Å². The summed E-state index contributed by atoms with van der Waals surface area (Å²) in [6.45, 7) is 3.70. The number of hydrogen-bond donors (Lipinski definition) is 1. The van der Waals surface area contributed by atoms with Crippen LogP contribution in [-0.2, 0) is 16.0 Å². The molecule has 2 heterocycles. The van der Waals surface area contributed by atoms with Crippen LogP contribution in [0.1, 0.15) is 25.3 Å². The summed E-state index contributed by atoms with van der Waals surface area (Å²) in [6.07, 6.45) is 5.64. The minimum atomic E-state index is -0.579. The molecule has 1 aliphatic heterocycles. The monoisotopic (exact) mass is 420 g/mol. The summed E-state index contributed by atoms with van der Waals surface area (Å²) >= 11 is 7.31. The van der Waals surface area contributed by atoms with E-state index in [-0.39, 0.29) is 17.6 Å². The van der Waals surface area contributed by atoms with Crippen molar-refractivity contribution in [2.45, 2.75) is 37.1 Å². The number of thioether (sulfide) groups is 1. The highest BCUT2D eigenvalue weighted by atomic mass is 35.5. The normalized spacial score (nSPS) is 16.0. The third-order valence-corrected chi connectivity index (χ3v) is 6.20. The van der Waals surface area contributed by atoms with Crippen molar-refractivity contribution in [1.29, 1.82) is 0 Å². The fourth-order valence-corrected chi connectivity index (χ4v) is 4.05. The molecule has 0 spiro atoms. The summed E-state index contributed by atoms with van der Waals surface area (Å²) in [7, 11) is 0. The second-order valence-corrected chi connectivity index (χ2v) is 8.69. The molecule has 1 atom stereocenters. The van der Waals surface area contributed by atoms with Crippen LogP contribution in [0.5, 0.6) is 0 Å². The molecule has 2 aromatic rings. The Morgan fingerprint density at radius 1 is 1.25 bits per heavy atom. The van der Waals surface area contributed by atoms with E-state index >= 15 is 0 Å². The Balaban J connectivity index is 1.60. The number of amides is 2. The van der Waals surface area contributed by atoms with Gasteiger partial charge in [0.2, 0.25) is 11.8 Å².